The number of fused-ring (bicyclic) bond motifs is 2. The molecule has 0 bridgehead atoms. The first-order chi connectivity index (χ1) is 25.7. The fourth-order valence-corrected chi connectivity index (χ4v) is 8.50. The number of oxazole rings is 1. The van der Waals surface area contributed by atoms with Crippen molar-refractivity contribution in [2.45, 2.75) is 50.7 Å². The zero-order chi connectivity index (χ0) is 36.8. The molecular weight excluding hydrogens is 717 g/mol. The van der Waals surface area contributed by atoms with E-state index in [2.05, 4.69) is 26.6 Å². The van der Waals surface area contributed by atoms with E-state index in [1.165, 1.54) is 0 Å². The molecule has 0 saturated carbocycles. The van der Waals surface area contributed by atoms with E-state index in [0.717, 1.165) is 24.0 Å². The van der Waals surface area contributed by atoms with Crippen LogP contribution >= 0.6 is 23.2 Å². The maximum Gasteiger partial charge on any atom is 0.307 e. The van der Waals surface area contributed by atoms with Crippen molar-refractivity contribution in [1.82, 2.24) is 30.5 Å². The van der Waals surface area contributed by atoms with E-state index in [0.29, 0.717) is 112 Å². The second kappa shape index (κ2) is 14.4. The van der Waals surface area contributed by atoms with Crippen molar-refractivity contribution in [3.05, 3.63) is 81.1 Å². The number of nitrogens with one attached hydrogen (secondary N) is 2. The van der Waals surface area contributed by atoms with Crippen molar-refractivity contribution in [3.8, 4) is 45.8 Å². The molecular formula is C39H35Cl2N7O5. The second-order valence-corrected chi connectivity index (χ2v) is 14.4. The number of carboxylic acid groups (broad SMARTS) is 1. The zero-order valence-electron chi connectivity index (χ0n) is 28.8. The van der Waals surface area contributed by atoms with Gasteiger partial charge in [-0.05, 0) is 55.5 Å². The largest absolute Gasteiger partial charge is 0.481 e. The number of halogens is 2. The zero-order valence-corrected chi connectivity index (χ0v) is 30.3. The molecule has 2 fully saturated rings. The monoisotopic (exact) mass is 751 g/mol. The fraction of sp³-hybridized carbons (Fsp3) is 0.333. The molecule has 2 saturated heterocycles. The normalized spacial score (nSPS) is 19.7. The van der Waals surface area contributed by atoms with Gasteiger partial charge in [0.05, 0.1) is 40.5 Å². The molecule has 0 unspecified atom stereocenters. The summed E-state index contributed by atoms with van der Waals surface area (Å²) in [6, 6.07) is 15.6. The first-order valence-corrected chi connectivity index (χ1v) is 18.3. The second-order valence-electron chi connectivity index (χ2n) is 13.7. The number of aromatic nitrogens is 3. The lowest BCUT2D eigenvalue weighted by Crippen LogP contribution is -2.35. The third-order valence-corrected chi connectivity index (χ3v) is 11.4. The lowest BCUT2D eigenvalue weighted by Gasteiger charge is -2.24. The van der Waals surface area contributed by atoms with Crippen LogP contribution in [0.2, 0.25) is 10.0 Å². The third kappa shape index (κ3) is 6.48. The van der Waals surface area contributed by atoms with E-state index in [-0.39, 0.29) is 29.8 Å². The van der Waals surface area contributed by atoms with Crippen LogP contribution in [0.1, 0.15) is 54.1 Å². The number of carbonyl (C=O) groups excluding carboxylic acids is 1. The summed E-state index contributed by atoms with van der Waals surface area (Å²) in [4.78, 5) is 39.5. The highest BCUT2D eigenvalue weighted by molar-refractivity contribution is 6.39. The number of ether oxygens (including phenoxy) is 1. The van der Waals surface area contributed by atoms with Gasteiger partial charge in [0.15, 0.2) is 5.58 Å². The molecule has 5 aromatic rings. The number of carbonyl (C=O) groups is 2. The molecule has 3 N–H and O–H groups in total. The van der Waals surface area contributed by atoms with Crippen LogP contribution in [0.5, 0.6) is 5.88 Å². The highest BCUT2D eigenvalue weighted by atomic mass is 35.5. The lowest BCUT2D eigenvalue weighted by molar-refractivity contribution is -0.141. The molecule has 0 spiro atoms. The Hall–Kier alpha value is -5.06. The van der Waals surface area contributed by atoms with Crippen LogP contribution in [0.3, 0.4) is 0 Å². The Morgan fingerprint density at radius 1 is 1.09 bits per heavy atom. The number of hydrogen-bond donors (Lipinski definition) is 3. The first-order valence-electron chi connectivity index (χ1n) is 17.6. The minimum atomic E-state index is -0.771. The number of benzene rings is 3. The molecule has 8 rings (SSSR count). The number of nitriles is 1. The summed E-state index contributed by atoms with van der Waals surface area (Å²) in [5, 5.41) is 26.9. The topological polar surface area (TPSA) is 166 Å². The number of nitrogens with zero attached hydrogens (tertiary/aromatic N) is 5. The Balaban J connectivity index is 1.08. The molecule has 53 heavy (non-hydrogen) atoms. The van der Waals surface area contributed by atoms with Crippen molar-refractivity contribution in [3.63, 3.8) is 0 Å². The molecule has 3 aromatic carbocycles. The Morgan fingerprint density at radius 3 is 2.55 bits per heavy atom. The number of amides is 1. The van der Waals surface area contributed by atoms with Crippen LogP contribution in [0.15, 0.2) is 53.1 Å². The van der Waals surface area contributed by atoms with E-state index in [1.807, 2.05) is 42.5 Å². The molecule has 4 heterocycles. The van der Waals surface area contributed by atoms with Crippen molar-refractivity contribution in [1.29, 1.82) is 5.26 Å². The molecule has 2 aliphatic heterocycles. The van der Waals surface area contributed by atoms with Gasteiger partial charge in [-0.3, -0.25) is 19.5 Å². The number of carboxylic acids is 1. The predicted octanol–water partition coefficient (Wildman–Crippen LogP) is 6.57. The number of hydrogen-bond acceptors (Lipinski definition) is 10. The van der Waals surface area contributed by atoms with E-state index in [1.54, 1.807) is 13.3 Å². The number of likely N-dealkylation sites (tertiary alicyclic amines) is 1. The molecule has 2 aromatic heterocycles. The summed E-state index contributed by atoms with van der Waals surface area (Å²) < 4.78 is 11.9. The number of aliphatic carboxylic acids is 1. The molecule has 1 amide bonds. The average Bonchev–Trinajstić information content (AvgIpc) is 3.98. The highest BCUT2D eigenvalue weighted by Crippen LogP contribution is 2.45. The van der Waals surface area contributed by atoms with Gasteiger partial charge in [-0.2, -0.15) is 5.26 Å². The Labute approximate surface area is 315 Å². The molecule has 1 aliphatic carbocycles. The van der Waals surface area contributed by atoms with Gasteiger partial charge in [-0.25, -0.2) is 9.97 Å². The van der Waals surface area contributed by atoms with Crippen molar-refractivity contribution >= 4 is 46.2 Å². The molecule has 3 aliphatic rings. The quantitative estimate of drug-likeness (QED) is 0.141. The van der Waals surface area contributed by atoms with Crippen LogP contribution < -0.4 is 15.4 Å². The first kappa shape index (κ1) is 35.0. The van der Waals surface area contributed by atoms with Crippen LogP contribution in [-0.4, -0.2) is 69.6 Å². The average molecular weight is 753 g/mol. The van der Waals surface area contributed by atoms with Gasteiger partial charge in [0, 0.05) is 54.8 Å². The molecule has 12 nitrogen and oxygen atoms in total. The maximum atomic E-state index is 11.6. The summed E-state index contributed by atoms with van der Waals surface area (Å²) in [5.74, 6) is -0.447. The van der Waals surface area contributed by atoms with Gasteiger partial charge in [0.2, 0.25) is 17.7 Å². The Morgan fingerprint density at radius 2 is 1.85 bits per heavy atom. The Bertz CT molecular complexity index is 2320. The fourth-order valence-electron chi connectivity index (χ4n) is 7.86. The smallest absolute Gasteiger partial charge is 0.307 e. The van der Waals surface area contributed by atoms with Crippen LogP contribution in [0.25, 0.3) is 44.9 Å². The highest BCUT2D eigenvalue weighted by Gasteiger charge is 2.37. The molecule has 0 radical (unpaired) electrons. The van der Waals surface area contributed by atoms with Gasteiger partial charge in [-0.15, -0.1) is 0 Å². The molecule has 14 heteroatoms. The van der Waals surface area contributed by atoms with Crippen LogP contribution in [0, 0.1) is 17.2 Å². The van der Waals surface area contributed by atoms with E-state index in [9.17, 15) is 20.0 Å². The summed E-state index contributed by atoms with van der Waals surface area (Å²) in [5.41, 5.74) is 7.01. The van der Waals surface area contributed by atoms with Crippen molar-refractivity contribution in [2.24, 2.45) is 5.92 Å². The van der Waals surface area contributed by atoms with Gasteiger partial charge in [0.1, 0.15) is 22.8 Å². The van der Waals surface area contributed by atoms with E-state index in [4.69, 9.17) is 42.3 Å². The minimum Gasteiger partial charge on any atom is -0.481 e. The summed E-state index contributed by atoms with van der Waals surface area (Å²) in [6.45, 7) is 2.22. The number of methoxy groups -OCH3 is 1. The summed E-state index contributed by atoms with van der Waals surface area (Å²) >= 11 is 14.2. The lowest BCUT2D eigenvalue weighted by atomic mass is 9.99. The molecule has 3 atom stereocenters. The summed E-state index contributed by atoms with van der Waals surface area (Å²) in [6.07, 6.45) is 5.12. The van der Waals surface area contributed by atoms with Crippen molar-refractivity contribution < 1.29 is 23.8 Å². The maximum absolute atomic E-state index is 11.6. The van der Waals surface area contributed by atoms with Crippen molar-refractivity contribution in [2.75, 3.05) is 26.7 Å². The molecule has 270 valence electrons. The van der Waals surface area contributed by atoms with Crippen LogP contribution in [-0.2, 0) is 22.6 Å². The van der Waals surface area contributed by atoms with Gasteiger partial charge in [-0.1, -0.05) is 53.5 Å². The Kier molecular flexibility index (Phi) is 9.51. The summed E-state index contributed by atoms with van der Waals surface area (Å²) in [7, 11) is 1.54. The minimum absolute atomic E-state index is 0.0250. The SMILES string of the molecule is COc1nc(-c2cccc(-c3cccc(-c4nc5cc6c(c(C#N)c5o4)CC[C@H]6N4CC[C@@H](C(=O)O)C4)c3Cl)c2Cl)cnc1CNC[C@@H]1CCC(=O)N1. The third-order valence-electron chi connectivity index (χ3n) is 10.5. The van der Waals surface area contributed by atoms with Gasteiger partial charge < -0.3 is 24.9 Å². The standard InChI is InChI=1S/C39H35Cl2N7O5/c1-52-38-31(17-43-16-21-8-11-33(49)45-21)44-18-30(47-38)25-6-2-4-23(34(25)40)24-5-3-7-26(35(24)41)37-46-29-14-27-22(28(15-42)36(29)53-37)9-10-32(27)48-13-12-20(19-48)39(50)51/h2-7,14,18,20-21,32,43H,8-13,16-17,19H2,1H3,(H,45,49)(H,50,51)/t20-,21+,32-/m1/s1. The van der Waals surface area contributed by atoms with Crippen LogP contribution in [0.4, 0.5) is 0 Å². The number of rotatable bonds is 10. The van der Waals surface area contributed by atoms with E-state index >= 15 is 0 Å². The van der Waals surface area contributed by atoms with E-state index < -0.39 is 5.97 Å². The predicted molar refractivity (Wildman–Crippen MR) is 198 cm³/mol. The van der Waals surface area contributed by atoms with Gasteiger partial charge in [0.25, 0.3) is 0 Å². The van der Waals surface area contributed by atoms with Gasteiger partial charge >= 0.3 is 5.97 Å².